The van der Waals surface area contributed by atoms with Crippen LogP contribution in [0.2, 0.25) is 0 Å². The summed E-state index contributed by atoms with van der Waals surface area (Å²) in [7, 11) is 2.09. The van der Waals surface area contributed by atoms with E-state index >= 15 is 0 Å². The Morgan fingerprint density at radius 1 is 1.42 bits per heavy atom. The number of rotatable bonds is 0. The summed E-state index contributed by atoms with van der Waals surface area (Å²) >= 11 is 0. The van der Waals surface area contributed by atoms with Crippen LogP contribution in [0.5, 0.6) is 0 Å². The minimum atomic E-state index is 0.995. The molecule has 0 aromatic carbocycles. The molecule has 0 radical (unpaired) electrons. The Morgan fingerprint density at radius 2 is 2.33 bits per heavy atom. The van der Waals surface area contributed by atoms with Gasteiger partial charge in [-0.1, -0.05) is 6.07 Å². The van der Waals surface area contributed by atoms with Crippen LogP contribution in [0.4, 0.5) is 5.82 Å². The van der Waals surface area contributed by atoms with E-state index in [4.69, 9.17) is 0 Å². The highest BCUT2D eigenvalue weighted by molar-refractivity contribution is 5.56. The molecule has 0 amide bonds. The number of anilines is 1. The quantitative estimate of drug-likeness (QED) is 0.577. The predicted molar refractivity (Wildman–Crippen MR) is 47.3 cm³/mol. The van der Waals surface area contributed by atoms with Gasteiger partial charge >= 0.3 is 0 Å². The Balaban J connectivity index is 2.51. The molecule has 3 rings (SSSR count). The fraction of sp³-hybridized carbons (Fsp3) is 0.222. The van der Waals surface area contributed by atoms with E-state index in [2.05, 4.69) is 33.5 Å². The van der Waals surface area contributed by atoms with Crippen molar-refractivity contribution in [2.75, 3.05) is 11.9 Å². The Hall–Kier alpha value is -1.51. The molecule has 0 unspecified atom stereocenters. The van der Waals surface area contributed by atoms with Crippen LogP contribution in [0.25, 0.3) is 5.65 Å². The molecule has 3 heteroatoms. The molecule has 1 aliphatic heterocycles. The lowest BCUT2D eigenvalue weighted by Crippen LogP contribution is -2.10. The van der Waals surface area contributed by atoms with Gasteiger partial charge in [0.2, 0.25) is 0 Å². The normalized spacial score (nSPS) is 14.6. The first kappa shape index (κ1) is 6.06. The number of nitrogens with zero attached hydrogens (tertiary/aromatic N) is 3. The maximum Gasteiger partial charge on any atom is 0.138 e. The first-order valence-corrected chi connectivity index (χ1v) is 4.03. The third-order valence-corrected chi connectivity index (χ3v) is 2.38. The van der Waals surface area contributed by atoms with Gasteiger partial charge in [-0.25, -0.2) is 4.98 Å². The van der Waals surface area contributed by atoms with Crippen molar-refractivity contribution in [1.29, 1.82) is 0 Å². The van der Waals surface area contributed by atoms with Gasteiger partial charge in [0.1, 0.15) is 11.5 Å². The monoisotopic (exact) mass is 159 g/mol. The summed E-state index contributed by atoms with van der Waals surface area (Å²) in [6.45, 7) is 0.995. The molecule has 3 nitrogen and oxygen atoms in total. The van der Waals surface area contributed by atoms with E-state index in [1.54, 1.807) is 0 Å². The predicted octanol–water partition coefficient (Wildman–Crippen LogP) is 1.28. The van der Waals surface area contributed by atoms with Gasteiger partial charge in [-0.05, 0) is 12.1 Å². The second-order valence-corrected chi connectivity index (χ2v) is 3.18. The molecule has 0 saturated carbocycles. The highest BCUT2D eigenvalue weighted by Gasteiger charge is 2.18. The van der Waals surface area contributed by atoms with Gasteiger partial charge < -0.3 is 4.90 Å². The fourth-order valence-electron chi connectivity index (χ4n) is 1.81. The SMILES string of the molecule is CN1Cc2cccc3ncc1n23. The summed E-state index contributed by atoms with van der Waals surface area (Å²) in [5, 5.41) is 0. The van der Waals surface area contributed by atoms with Gasteiger partial charge in [0.25, 0.3) is 0 Å². The van der Waals surface area contributed by atoms with Crippen LogP contribution in [0.1, 0.15) is 5.69 Å². The van der Waals surface area contributed by atoms with Gasteiger partial charge in [-0.15, -0.1) is 0 Å². The minimum Gasteiger partial charge on any atom is -0.354 e. The second-order valence-electron chi connectivity index (χ2n) is 3.18. The van der Waals surface area contributed by atoms with E-state index in [1.165, 1.54) is 11.5 Å². The Labute approximate surface area is 70.3 Å². The minimum absolute atomic E-state index is 0.995. The van der Waals surface area contributed by atoms with Gasteiger partial charge in [0, 0.05) is 12.7 Å². The summed E-state index contributed by atoms with van der Waals surface area (Å²) < 4.78 is 2.19. The van der Waals surface area contributed by atoms with Crippen LogP contribution < -0.4 is 4.90 Å². The number of hydrogen-bond acceptors (Lipinski definition) is 2. The van der Waals surface area contributed by atoms with E-state index in [0.29, 0.717) is 0 Å². The summed E-state index contributed by atoms with van der Waals surface area (Å²) in [5.74, 6) is 1.20. The van der Waals surface area contributed by atoms with Crippen molar-refractivity contribution in [2.24, 2.45) is 0 Å². The van der Waals surface area contributed by atoms with E-state index in [-0.39, 0.29) is 0 Å². The molecule has 0 saturated heterocycles. The van der Waals surface area contributed by atoms with Gasteiger partial charge in [-0.2, -0.15) is 0 Å². The average molecular weight is 159 g/mol. The first-order valence-electron chi connectivity index (χ1n) is 4.03. The third kappa shape index (κ3) is 0.548. The van der Waals surface area contributed by atoms with Crippen molar-refractivity contribution in [3.8, 4) is 0 Å². The average Bonchev–Trinajstić information content (AvgIpc) is 2.60. The molecule has 0 atom stereocenters. The van der Waals surface area contributed by atoms with E-state index in [9.17, 15) is 0 Å². The van der Waals surface area contributed by atoms with Crippen molar-refractivity contribution in [2.45, 2.75) is 6.54 Å². The molecular formula is C9H9N3. The molecule has 2 aromatic rings. The van der Waals surface area contributed by atoms with Crippen LogP contribution in [-0.2, 0) is 6.54 Å². The largest absolute Gasteiger partial charge is 0.354 e. The number of aromatic nitrogens is 2. The molecular weight excluding hydrogens is 150 g/mol. The lowest BCUT2D eigenvalue weighted by atomic mass is 10.3. The Bertz CT molecular complexity index is 444. The standard InChI is InChI=1S/C9H9N3/c1-11-6-7-3-2-4-8-10-5-9(11)12(7)8/h2-5H,6H2,1H3. The smallest absolute Gasteiger partial charge is 0.138 e. The van der Waals surface area contributed by atoms with Gasteiger partial charge in [0.05, 0.1) is 12.7 Å². The van der Waals surface area contributed by atoms with Crippen molar-refractivity contribution < 1.29 is 0 Å². The molecule has 0 spiro atoms. The van der Waals surface area contributed by atoms with Crippen molar-refractivity contribution >= 4 is 11.5 Å². The maximum absolute atomic E-state index is 4.30. The highest BCUT2D eigenvalue weighted by atomic mass is 15.3. The summed E-state index contributed by atoms with van der Waals surface area (Å²) in [4.78, 5) is 6.51. The summed E-state index contributed by atoms with van der Waals surface area (Å²) in [6, 6.07) is 6.23. The highest BCUT2D eigenvalue weighted by Crippen LogP contribution is 2.25. The lowest BCUT2D eigenvalue weighted by Gasteiger charge is -2.06. The molecule has 0 bridgehead atoms. The molecule has 0 N–H and O–H groups in total. The fourth-order valence-corrected chi connectivity index (χ4v) is 1.81. The van der Waals surface area contributed by atoms with Crippen LogP contribution in [0.15, 0.2) is 24.4 Å². The molecule has 3 heterocycles. The van der Waals surface area contributed by atoms with Gasteiger partial charge in [0.15, 0.2) is 0 Å². The molecule has 0 fully saturated rings. The number of pyridine rings is 1. The van der Waals surface area contributed by atoms with E-state index < -0.39 is 0 Å². The second kappa shape index (κ2) is 1.80. The third-order valence-electron chi connectivity index (χ3n) is 2.38. The Kier molecular flexibility index (Phi) is 0.909. The molecule has 60 valence electrons. The zero-order valence-electron chi connectivity index (χ0n) is 6.86. The van der Waals surface area contributed by atoms with Crippen LogP contribution in [0.3, 0.4) is 0 Å². The first-order chi connectivity index (χ1) is 5.86. The van der Waals surface area contributed by atoms with E-state index in [1.807, 2.05) is 12.3 Å². The zero-order chi connectivity index (χ0) is 8.13. The zero-order valence-corrected chi connectivity index (χ0v) is 6.86. The topological polar surface area (TPSA) is 20.5 Å². The Morgan fingerprint density at radius 3 is 3.25 bits per heavy atom. The van der Waals surface area contributed by atoms with Crippen molar-refractivity contribution in [3.05, 3.63) is 30.1 Å². The van der Waals surface area contributed by atoms with Crippen LogP contribution in [0, 0.1) is 0 Å². The molecule has 1 aliphatic rings. The van der Waals surface area contributed by atoms with Crippen molar-refractivity contribution in [3.63, 3.8) is 0 Å². The van der Waals surface area contributed by atoms with Crippen LogP contribution >= 0.6 is 0 Å². The lowest BCUT2D eigenvalue weighted by molar-refractivity contribution is 0.957. The number of hydrogen-bond donors (Lipinski definition) is 0. The summed E-state index contributed by atoms with van der Waals surface area (Å²) in [6.07, 6.45) is 1.92. The molecule has 0 aliphatic carbocycles. The maximum atomic E-state index is 4.30. The summed E-state index contributed by atoms with van der Waals surface area (Å²) in [5.41, 5.74) is 2.37. The van der Waals surface area contributed by atoms with Crippen LogP contribution in [-0.4, -0.2) is 16.4 Å². The number of imidazole rings is 1. The molecule has 2 aromatic heterocycles. The van der Waals surface area contributed by atoms with E-state index in [0.717, 1.165) is 12.2 Å². The van der Waals surface area contributed by atoms with Gasteiger partial charge in [-0.3, -0.25) is 4.40 Å². The van der Waals surface area contributed by atoms with Crippen molar-refractivity contribution in [1.82, 2.24) is 9.38 Å². The molecule has 12 heavy (non-hydrogen) atoms.